The summed E-state index contributed by atoms with van der Waals surface area (Å²) in [7, 11) is 0. The largest absolute Gasteiger partial charge is 0.300 e. The molecule has 0 fully saturated rings. The maximum absolute atomic E-state index is 11.9. The lowest BCUT2D eigenvalue weighted by Gasteiger charge is -2.25. The van der Waals surface area contributed by atoms with E-state index in [1.165, 1.54) is 0 Å². The second kappa shape index (κ2) is 8.44. The van der Waals surface area contributed by atoms with Crippen molar-refractivity contribution in [2.24, 2.45) is 0 Å². The topological polar surface area (TPSA) is 44.1 Å². The Morgan fingerprint density at radius 1 is 1.26 bits per heavy atom. The molecule has 0 aliphatic rings. The van der Waals surface area contributed by atoms with E-state index in [1.54, 1.807) is 0 Å². The first-order valence-corrected chi connectivity index (χ1v) is 6.84. The molecule has 0 saturated carbocycles. The Bertz CT molecular complexity index is 420. The van der Waals surface area contributed by atoms with Crippen LogP contribution in [0.5, 0.6) is 0 Å². The highest BCUT2D eigenvalue weighted by Crippen LogP contribution is 2.07. The van der Waals surface area contributed by atoms with E-state index in [9.17, 15) is 4.79 Å². The molecule has 3 nitrogen and oxygen atoms in total. The van der Waals surface area contributed by atoms with Gasteiger partial charge in [-0.05, 0) is 26.8 Å². The number of hydrogen-bond acceptors (Lipinski definition) is 3. The van der Waals surface area contributed by atoms with Crippen LogP contribution < -0.4 is 0 Å². The average molecular weight is 258 g/mol. The van der Waals surface area contributed by atoms with Gasteiger partial charge in [0.05, 0.1) is 6.07 Å². The van der Waals surface area contributed by atoms with Crippen LogP contribution in [0.15, 0.2) is 30.3 Å². The summed E-state index contributed by atoms with van der Waals surface area (Å²) in [6, 6.07) is 12.0. The van der Waals surface area contributed by atoms with Crippen LogP contribution in [0.4, 0.5) is 0 Å². The van der Waals surface area contributed by atoms with Crippen LogP contribution in [-0.2, 0) is 0 Å². The number of carbonyl (C=O) groups is 1. The van der Waals surface area contributed by atoms with Crippen molar-refractivity contribution in [2.45, 2.75) is 39.2 Å². The molecule has 102 valence electrons. The first-order valence-electron chi connectivity index (χ1n) is 6.84. The summed E-state index contributed by atoms with van der Waals surface area (Å²) in [6.45, 7) is 5.90. The number of carbonyl (C=O) groups excluding carboxylic acids is 1. The molecule has 0 aromatic heterocycles. The molecule has 1 aromatic carbocycles. The van der Waals surface area contributed by atoms with Crippen LogP contribution in [0, 0.1) is 11.3 Å². The second-order valence-electron chi connectivity index (χ2n) is 4.93. The van der Waals surface area contributed by atoms with E-state index >= 15 is 0 Å². The van der Waals surface area contributed by atoms with Gasteiger partial charge in [0, 0.05) is 31.0 Å². The minimum Gasteiger partial charge on any atom is -0.300 e. The molecule has 0 N–H and O–H groups in total. The molecule has 19 heavy (non-hydrogen) atoms. The molecule has 0 aliphatic carbocycles. The van der Waals surface area contributed by atoms with Crippen molar-refractivity contribution in [2.75, 3.05) is 13.1 Å². The molecule has 0 saturated heterocycles. The smallest absolute Gasteiger partial charge is 0.162 e. The van der Waals surface area contributed by atoms with Crippen molar-refractivity contribution in [1.82, 2.24) is 4.90 Å². The average Bonchev–Trinajstić information content (AvgIpc) is 2.43. The fourth-order valence-corrected chi connectivity index (χ4v) is 2.03. The molecule has 0 bridgehead atoms. The summed E-state index contributed by atoms with van der Waals surface area (Å²) in [5, 5.41) is 8.63. The van der Waals surface area contributed by atoms with E-state index in [0.717, 1.165) is 25.1 Å². The van der Waals surface area contributed by atoms with Gasteiger partial charge in [0.1, 0.15) is 0 Å². The number of Topliss-reactive ketones (excluding diaryl/α,β-unsaturated/α-hetero) is 1. The van der Waals surface area contributed by atoms with Crippen LogP contribution in [0.2, 0.25) is 0 Å². The second-order valence-corrected chi connectivity index (χ2v) is 4.93. The predicted molar refractivity (Wildman–Crippen MR) is 76.9 cm³/mol. The van der Waals surface area contributed by atoms with Crippen molar-refractivity contribution in [3.8, 4) is 6.07 Å². The zero-order valence-corrected chi connectivity index (χ0v) is 11.8. The monoisotopic (exact) mass is 258 g/mol. The number of hydrogen-bond donors (Lipinski definition) is 0. The fourth-order valence-electron chi connectivity index (χ4n) is 2.03. The number of nitriles is 1. The molecule has 0 unspecified atom stereocenters. The Hall–Kier alpha value is -1.66. The lowest BCUT2D eigenvalue weighted by Crippen LogP contribution is -2.32. The lowest BCUT2D eigenvalue weighted by atomic mass is 10.1. The van der Waals surface area contributed by atoms with E-state index < -0.39 is 0 Å². The van der Waals surface area contributed by atoms with Crippen molar-refractivity contribution in [1.29, 1.82) is 5.26 Å². The van der Waals surface area contributed by atoms with E-state index in [-0.39, 0.29) is 5.78 Å². The Morgan fingerprint density at radius 2 is 1.95 bits per heavy atom. The van der Waals surface area contributed by atoms with Gasteiger partial charge in [-0.1, -0.05) is 30.3 Å². The minimum absolute atomic E-state index is 0.199. The first-order chi connectivity index (χ1) is 9.15. The van der Waals surface area contributed by atoms with Gasteiger partial charge in [0.25, 0.3) is 0 Å². The normalized spacial score (nSPS) is 10.7. The Balaban J connectivity index is 2.36. The van der Waals surface area contributed by atoms with Crippen LogP contribution in [0.25, 0.3) is 0 Å². The van der Waals surface area contributed by atoms with Gasteiger partial charge < -0.3 is 0 Å². The summed E-state index contributed by atoms with van der Waals surface area (Å²) in [4.78, 5) is 14.2. The molecule has 3 heteroatoms. The standard InChI is InChI=1S/C16H22N2O/c1-14(2)18(13-7-11-17)12-6-10-16(19)15-8-4-3-5-9-15/h3-5,8-9,14H,6-7,10,12-13H2,1-2H3. The molecule has 0 heterocycles. The van der Waals surface area contributed by atoms with Gasteiger partial charge >= 0.3 is 0 Å². The Morgan fingerprint density at radius 3 is 2.53 bits per heavy atom. The van der Waals surface area contributed by atoms with E-state index in [0.29, 0.717) is 18.9 Å². The molecule has 1 rings (SSSR count). The first kappa shape index (κ1) is 15.4. The van der Waals surface area contributed by atoms with Crippen LogP contribution in [0.1, 0.15) is 43.5 Å². The van der Waals surface area contributed by atoms with Gasteiger partial charge in [-0.25, -0.2) is 0 Å². The highest BCUT2D eigenvalue weighted by atomic mass is 16.1. The van der Waals surface area contributed by atoms with Gasteiger partial charge in [0.2, 0.25) is 0 Å². The SMILES string of the molecule is CC(C)N(CCC#N)CCCC(=O)c1ccccc1. The number of rotatable bonds is 8. The highest BCUT2D eigenvalue weighted by Gasteiger charge is 2.10. The van der Waals surface area contributed by atoms with E-state index in [1.807, 2.05) is 30.3 Å². The summed E-state index contributed by atoms with van der Waals surface area (Å²) >= 11 is 0. The molecule has 0 radical (unpaired) electrons. The van der Waals surface area contributed by atoms with Gasteiger partial charge in [-0.2, -0.15) is 5.26 Å². The minimum atomic E-state index is 0.199. The molecule has 0 amide bonds. The quantitative estimate of drug-likeness (QED) is 0.672. The van der Waals surface area contributed by atoms with Crippen LogP contribution in [0.3, 0.4) is 0 Å². The Kier molecular flexibility index (Phi) is 6.84. The summed E-state index contributed by atoms with van der Waals surface area (Å²) < 4.78 is 0. The highest BCUT2D eigenvalue weighted by molar-refractivity contribution is 5.95. The van der Waals surface area contributed by atoms with Gasteiger partial charge in [-0.15, -0.1) is 0 Å². The zero-order valence-electron chi connectivity index (χ0n) is 11.8. The number of benzene rings is 1. The van der Waals surface area contributed by atoms with Gasteiger partial charge in [0.15, 0.2) is 5.78 Å². The zero-order chi connectivity index (χ0) is 14.1. The van der Waals surface area contributed by atoms with Crippen molar-refractivity contribution in [3.63, 3.8) is 0 Å². The fraction of sp³-hybridized carbons (Fsp3) is 0.500. The molecule has 0 aliphatic heterocycles. The Labute approximate surface area is 115 Å². The van der Waals surface area contributed by atoms with E-state index in [4.69, 9.17) is 5.26 Å². The molecule has 0 atom stereocenters. The third-order valence-electron chi connectivity index (χ3n) is 3.19. The van der Waals surface area contributed by atoms with Crippen molar-refractivity contribution >= 4 is 5.78 Å². The molecule has 0 spiro atoms. The van der Waals surface area contributed by atoms with E-state index in [2.05, 4.69) is 24.8 Å². The number of nitrogens with zero attached hydrogens (tertiary/aromatic N) is 2. The molecule has 1 aromatic rings. The number of ketones is 1. The molecular formula is C16H22N2O. The maximum Gasteiger partial charge on any atom is 0.162 e. The molecular weight excluding hydrogens is 236 g/mol. The maximum atomic E-state index is 11.9. The van der Waals surface area contributed by atoms with Crippen LogP contribution >= 0.6 is 0 Å². The third-order valence-corrected chi connectivity index (χ3v) is 3.19. The van der Waals surface area contributed by atoms with Gasteiger partial charge in [-0.3, -0.25) is 9.69 Å². The lowest BCUT2D eigenvalue weighted by molar-refractivity contribution is 0.0972. The van der Waals surface area contributed by atoms with Crippen molar-refractivity contribution < 1.29 is 4.79 Å². The summed E-state index contributed by atoms with van der Waals surface area (Å²) in [6.07, 6.45) is 1.96. The summed E-state index contributed by atoms with van der Waals surface area (Å²) in [5.41, 5.74) is 0.788. The summed E-state index contributed by atoms with van der Waals surface area (Å²) in [5.74, 6) is 0.199. The van der Waals surface area contributed by atoms with Crippen LogP contribution in [-0.4, -0.2) is 29.8 Å². The van der Waals surface area contributed by atoms with Crippen molar-refractivity contribution in [3.05, 3.63) is 35.9 Å². The predicted octanol–water partition coefficient (Wildman–Crippen LogP) is 3.27. The third kappa shape index (κ3) is 5.67.